The lowest BCUT2D eigenvalue weighted by Crippen LogP contribution is -2.07. The van der Waals surface area contributed by atoms with Crippen LogP contribution in [-0.2, 0) is 5.75 Å². The van der Waals surface area contributed by atoms with Gasteiger partial charge in [0.1, 0.15) is 11.2 Å². The van der Waals surface area contributed by atoms with E-state index in [1.807, 2.05) is 25.1 Å². The second-order valence-corrected chi connectivity index (χ2v) is 6.94. The predicted octanol–water partition coefficient (Wildman–Crippen LogP) is 4.92. The van der Waals surface area contributed by atoms with E-state index in [-0.39, 0.29) is 5.44 Å². The fraction of sp³-hybridized carbons (Fsp3) is 0.273. The molecule has 8 heteroatoms. The first kappa shape index (κ1) is 15.1. The Labute approximate surface area is 136 Å². The van der Waals surface area contributed by atoms with Crippen LogP contribution in [0.4, 0.5) is 0 Å². The zero-order chi connectivity index (χ0) is 13.8. The standard InChI is InChI=1S/C11H10Br2N2O2S2/c1-6(19-5-10-14-15-11(18)17-10)16-7-2-3-8(12)9(13)4-7/h2-4,6H,5H2,1H3,(H,15,18). The Morgan fingerprint density at radius 3 is 2.89 bits per heavy atom. The molecule has 102 valence electrons. The molecular formula is C11H10Br2N2O2S2. The second-order valence-electron chi connectivity index (χ2n) is 3.58. The van der Waals surface area contributed by atoms with Gasteiger partial charge in [0, 0.05) is 8.95 Å². The molecule has 1 N–H and O–H groups in total. The van der Waals surface area contributed by atoms with Crippen LogP contribution in [0.2, 0.25) is 0 Å². The molecule has 0 amide bonds. The maximum atomic E-state index is 5.79. The highest BCUT2D eigenvalue weighted by Crippen LogP contribution is 2.29. The molecule has 0 aliphatic heterocycles. The average molecular weight is 426 g/mol. The van der Waals surface area contributed by atoms with E-state index in [1.54, 1.807) is 11.8 Å². The van der Waals surface area contributed by atoms with Crippen LogP contribution >= 0.6 is 55.8 Å². The van der Waals surface area contributed by atoms with Crippen LogP contribution in [0, 0.1) is 4.84 Å². The van der Waals surface area contributed by atoms with Gasteiger partial charge in [0.2, 0.25) is 5.89 Å². The summed E-state index contributed by atoms with van der Waals surface area (Å²) in [5, 5.41) is 6.52. The molecule has 1 aromatic heterocycles. The van der Waals surface area contributed by atoms with E-state index in [2.05, 4.69) is 42.1 Å². The van der Waals surface area contributed by atoms with Crippen LogP contribution in [0.1, 0.15) is 12.8 Å². The van der Waals surface area contributed by atoms with Crippen molar-refractivity contribution < 1.29 is 9.15 Å². The first-order chi connectivity index (χ1) is 9.04. The highest BCUT2D eigenvalue weighted by Gasteiger charge is 2.09. The number of nitrogens with one attached hydrogen (secondary N) is 1. The number of aromatic amines is 1. The summed E-state index contributed by atoms with van der Waals surface area (Å²) in [5.41, 5.74) is -0.0199. The molecule has 19 heavy (non-hydrogen) atoms. The molecule has 0 aliphatic carbocycles. The van der Waals surface area contributed by atoms with Crippen LogP contribution in [-0.4, -0.2) is 15.6 Å². The minimum Gasteiger partial charge on any atom is -0.480 e. The van der Waals surface area contributed by atoms with Gasteiger partial charge in [-0.1, -0.05) is 0 Å². The molecule has 0 aliphatic rings. The summed E-state index contributed by atoms with van der Waals surface area (Å²) in [6.07, 6.45) is 0. The van der Waals surface area contributed by atoms with Crippen LogP contribution in [0.15, 0.2) is 31.6 Å². The Morgan fingerprint density at radius 1 is 1.47 bits per heavy atom. The molecule has 1 atom stereocenters. The highest BCUT2D eigenvalue weighted by atomic mass is 79.9. The summed E-state index contributed by atoms with van der Waals surface area (Å²) in [7, 11) is 0. The van der Waals surface area contributed by atoms with Crippen molar-refractivity contribution in [2.24, 2.45) is 0 Å². The summed E-state index contributed by atoms with van der Waals surface area (Å²) in [5.74, 6) is 1.98. The van der Waals surface area contributed by atoms with Crippen molar-refractivity contribution in [2.45, 2.75) is 18.1 Å². The van der Waals surface area contributed by atoms with E-state index >= 15 is 0 Å². The van der Waals surface area contributed by atoms with Crippen molar-refractivity contribution in [1.29, 1.82) is 0 Å². The van der Waals surface area contributed by atoms with E-state index in [4.69, 9.17) is 21.4 Å². The lowest BCUT2D eigenvalue weighted by Gasteiger charge is -2.13. The monoisotopic (exact) mass is 424 g/mol. The van der Waals surface area contributed by atoms with Crippen molar-refractivity contribution in [3.05, 3.63) is 37.9 Å². The van der Waals surface area contributed by atoms with Gasteiger partial charge < -0.3 is 9.15 Å². The van der Waals surface area contributed by atoms with E-state index in [0.717, 1.165) is 14.7 Å². The Hall–Kier alpha value is -0.310. The van der Waals surface area contributed by atoms with Gasteiger partial charge in [-0.25, -0.2) is 5.10 Å². The Bertz CT molecular complexity index is 615. The highest BCUT2D eigenvalue weighted by molar-refractivity contribution is 9.13. The van der Waals surface area contributed by atoms with Crippen molar-refractivity contribution >= 4 is 55.8 Å². The maximum Gasteiger partial charge on any atom is 0.284 e. The van der Waals surface area contributed by atoms with E-state index in [1.165, 1.54) is 0 Å². The molecule has 1 heterocycles. The number of nitrogens with zero attached hydrogens (tertiary/aromatic N) is 1. The maximum absolute atomic E-state index is 5.79. The number of halogens is 2. The summed E-state index contributed by atoms with van der Waals surface area (Å²) in [4.78, 5) is 0.293. The summed E-state index contributed by atoms with van der Waals surface area (Å²) in [6.45, 7) is 1.97. The fourth-order valence-corrected chi connectivity index (χ4v) is 2.71. The molecule has 4 nitrogen and oxygen atoms in total. The zero-order valence-electron chi connectivity index (χ0n) is 9.85. The third-order valence-corrected chi connectivity index (χ3v) is 5.15. The third-order valence-electron chi connectivity index (χ3n) is 2.12. The molecule has 2 aromatic rings. The van der Waals surface area contributed by atoms with Crippen molar-refractivity contribution in [2.75, 3.05) is 0 Å². The fourth-order valence-electron chi connectivity index (χ4n) is 1.29. The molecule has 0 bridgehead atoms. The largest absolute Gasteiger partial charge is 0.480 e. The summed E-state index contributed by atoms with van der Waals surface area (Å²) in [6, 6.07) is 5.76. The Kier molecular flexibility index (Phi) is 5.49. The number of hydrogen-bond acceptors (Lipinski definition) is 5. The number of ether oxygens (including phenoxy) is 1. The third kappa shape index (κ3) is 4.62. The number of hydrogen-bond donors (Lipinski definition) is 1. The SMILES string of the molecule is CC(Oc1ccc(Br)c(Br)c1)SCc1n[nH]c(=S)o1. The van der Waals surface area contributed by atoms with Gasteiger partial charge >= 0.3 is 0 Å². The molecule has 2 rings (SSSR count). The summed E-state index contributed by atoms with van der Waals surface area (Å²) >= 11 is 13.2. The van der Waals surface area contributed by atoms with Gasteiger partial charge in [0.15, 0.2) is 0 Å². The molecule has 0 saturated carbocycles. The van der Waals surface area contributed by atoms with Crippen LogP contribution < -0.4 is 4.74 Å². The number of thioether (sulfide) groups is 1. The predicted molar refractivity (Wildman–Crippen MR) is 84.9 cm³/mol. The topological polar surface area (TPSA) is 51.0 Å². The quantitative estimate of drug-likeness (QED) is 0.544. The number of aromatic nitrogens is 2. The van der Waals surface area contributed by atoms with Crippen molar-refractivity contribution in [3.8, 4) is 5.75 Å². The zero-order valence-corrected chi connectivity index (χ0v) is 14.7. The lowest BCUT2D eigenvalue weighted by atomic mass is 10.3. The van der Waals surface area contributed by atoms with Gasteiger partial charge in [-0.05, 0) is 69.2 Å². The molecular weight excluding hydrogens is 416 g/mol. The first-order valence-electron chi connectivity index (χ1n) is 5.32. The minimum atomic E-state index is -0.0199. The number of rotatable bonds is 5. The number of H-pyrrole nitrogens is 1. The Morgan fingerprint density at radius 2 is 2.26 bits per heavy atom. The van der Waals surface area contributed by atoms with Crippen molar-refractivity contribution in [1.82, 2.24) is 10.2 Å². The smallest absolute Gasteiger partial charge is 0.284 e. The van der Waals surface area contributed by atoms with Crippen molar-refractivity contribution in [3.63, 3.8) is 0 Å². The molecule has 0 spiro atoms. The van der Waals surface area contributed by atoms with E-state index in [0.29, 0.717) is 16.5 Å². The van der Waals surface area contributed by atoms with Gasteiger partial charge in [-0.2, -0.15) is 0 Å². The first-order valence-corrected chi connectivity index (χ1v) is 8.36. The van der Waals surface area contributed by atoms with Crippen LogP contribution in [0.5, 0.6) is 5.75 Å². The van der Waals surface area contributed by atoms with Crippen LogP contribution in [0.3, 0.4) is 0 Å². The lowest BCUT2D eigenvalue weighted by molar-refractivity contribution is 0.307. The van der Waals surface area contributed by atoms with E-state index < -0.39 is 0 Å². The Balaban J connectivity index is 1.88. The van der Waals surface area contributed by atoms with Gasteiger partial charge in [-0.3, -0.25) is 0 Å². The normalized spacial score (nSPS) is 12.4. The molecule has 1 unspecified atom stereocenters. The van der Waals surface area contributed by atoms with Gasteiger partial charge in [0.05, 0.1) is 5.75 Å². The molecule has 0 radical (unpaired) electrons. The van der Waals surface area contributed by atoms with Gasteiger partial charge in [0.25, 0.3) is 4.84 Å². The minimum absolute atomic E-state index is 0.0199. The van der Waals surface area contributed by atoms with Gasteiger partial charge in [-0.15, -0.1) is 16.9 Å². The summed E-state index contributed by atoms with van der Waals surface area (Å²) < 4.78 is 12.9. The molecule has 0 saturated heterocycles. The average Bonchev–Trinajstić information content (AvgIpc) is 2.77. The van der Waals surface area contributed by atoms with E-state index in [9.17, 15) is 0 Å². The van der Waals surface area contributed by atoms with Crippen LogP contribution in [0.25, 0.3) is 0 Å². The number of benzene rings is 1. The molecule has 0 fully saturated rings. The second kappa shape index (κ2) is 6.92. The molecule has 1 aromatic carbocycles.